The summed E-state index contributed by atoms with van der Waals surface area (Å²) in [5.41, 5.74) is -1.75. The maximum Gasteiger partial charge on any atom is 0.408 e. The minimum absolute atomic E-state index is 0.0398. The number of carbonyl (C=O) groups excluding carboxylic acids is 3. The fraction of sp³-hybridized carbons (Fsp3) is 0.609. The summed E-state index contributed by atoms with van der Waals surface area (Å²) in [6.45, 7) is 7.47. The number of hydrogen-bond donors (Lipinski definition) is 2. The number of nitrogens with one attached hydrogen (secondary N) is 2. The zero-order chi connectivity index (χ0) is 22.5. The first-order valence-electron chi connectivity index (χ1n) is 11.0. The maximum atomic E-state index is 13.6. The SMILES string of the molecule is CC(C)(C)OC(=O)[C@]1(NC(=O)OCc2ccccc2)CCCN(C2CCNCC2)C1=O. The molecule has 0 aliphatic carbocycles. The lowest BCUT2D eigenvalue weighted by Crippen LogP contribution is -2.69. The molecule has 2 aliphatic rings. The zero-order valence-electron chi connectivity index (χ0n) is 18.6. The second-order valence-electron chi connectivity index (χ2n) is 9.18. The molecule has 0 spiro atoms. The molecule has 2 saturated heterocycles. The van der Waals surface area contributed by atoms with Crippen LogP contribution in [-0.4, -0.2) is 59.7 Å². The Hall–Kier alpha value is -2.61. The Morgan fingerprint density at radius 2 is 1.87 bits per heavy atom. The Labute approximate surface area is 183 Å². The normalized spacial score (nSPS) is 22.7. The molecule has 2 aliphatic heterocycles. The smallest absolute Gasteiger partial charge is 0.408 e. The van der Waals surface area contributed by atoms with Crippen LogP contribution < -0.4 is 10.6 Å². The van der Waals surface area contributed by atoms with E-state index in [0.717, 1.165) is 31.5 Å². The van der Waals surface area contributed by atoms with E-state index in [2.05, 4.69) is 10.6 Å². The van der Waals surface area contributed by atoms with Crippen LogP contribution in [0.3, 0.4) is 0 Å². The van der Waals surface area contributed by atoms with Gasteiger partial charge in [-0.1, -0.05) is 30.3 Å². The lowest BCUT2D eigenvalue weighted by molar-refractivity contribution is -0.172. The number of carbonyl (C=O) groups is 3. The Kier molecular flexibility index (Phi) is 7.20. The summed E-state index contributed by atoms with van der Waals surface area (Å²) in [5, 5.41) is 5.89. The molecule has 2 heterocycles. The van der Waals surface area contributed by atoms with E-state index in [1.165, 1.54) is 0 Å². The van der Waals surface area contributed by atoms with Crippen LogP contribution in [-0.2, 0) is 25.7 Å². The van der Waals surface area contributed by atoms with E-state index in [1.54, 1.807) is 25.7 Å². The second kappa shape index (κ2) is 9.68. The van der Waals surface area contributed by atoms with Crippen molar-refractivity contribution >= 4 is 18.0 Å². The van der Waals surface area contributed by atoms with Crippen LogP contribution in [0.15, 0.2) is 30.3 Å². The highest BCUT2D eigenvalue weighted by atomic mass is 16.6. The number of piperidine rings is 2. The molecule has 0 unspecified atom stereocenters. The van der Waals surface area contributed by atoms with Crippen LogP contribution in [0.4, 0.5) is 4.79 Å². The van der Waals surface area contributed by atoms with Crippen molar-refractivity contribution in [1.82, 2.24) is 15.5 Å². The number of rotatable bonds is 5. The largest absolute Gasteiger partial charge is 0.458 e. The third-order valence-corrected chi connectivity index (χ3v) is 5.60. The van der Waals surface area contributed by atoms with Gasteiger partial charge < -0.3 is 19.7 Å². The van der Waals surface area contributed by atoms with Gasteiger partial charge in [-0.05, 0) is 65.1 Å². The van der Waals surface area contributed by atoms with E-state index in [1.807, 2.05) is 30.3 Å². The van der Waals surface area contributed by atoms with Crippen LogP contribution in [0.25, 0.3) is 0 Å². The van der Waals surface area contributed by atoms with Crippen LogP contribution in [0.1, 0.15) is 52.0 Å². The molecule has 31 heavy (non-hydrogen) atoms. The lowest BCUT2D eigenvalue weighted by atomic mass is 9.85. The number of alkyl carbamates (subject to hydrolysis) is 1. The Balaban J connectivity index is 1.79. The Morgan fingerprint density at radius 3 is 2.52 bits per heavy atom. The highest BCUT2D eigenvalue weighted by molar-refractivity contribution is 6.10. The van der Waals surface area contributed by atoms with Crippen molar-refractivity contribution in [3.05, 3.63) is 35.9 Å². The van der Waals surface area contributed by atoms with Crippen LogP contribution in [0.2, 0.25) is 0 Å². The first-order valence-corrected chi connectivity index (χ1v) is 11.0. The van der Waals surface area contributed by atoms with Gasteiger partial charge in [0.2, 0.25) is 5.54 Å². The average molecular weight is 432 g/mol. The summed E-state index contributed by atoms with van der Waals surface area (Å²) in [5.74, 6) is -1.14. The summed E-state index contributed by atoms with van der Waals surface area (Å²) in [6.07, 6.45) is 1.59. The average Bonchev–Trinajstić information content (AvgIpc) is 2.74. The van der Waals surface area contributed by atoms with Crippen molar-refractivity contribution in [3.63, 3.8) is 0 Å². The van der Waals surface area contributed by atoms with Gasteiger partial charge in [-0.15, -0.1) is 0 Å². The highest BCUT2D eigenvalue weighted by Crippen LogP contribution is 2.30. The van der Waals surface area contributed by atoms with E-state index in [-0.39, 0.29) is 19.1 Å². The molecule has 0 saturated carbocycles. The molecule has 0 aromatic heterocycles. The van der Waals surface area contributed by atoms with Crippen molar-refractivity contribution in [3.8, 4) is 0 Å². The van der Waals surface area contributed by atoms with E-state index in [4.69, 9.17) is 9.47 Å². The van der Waals surface area contributed by atoms with Crippen molar-refractivity contribution in [1.29, 1.82) is 0 Å². The maximum absolute atomic E-state index is 13.6. The van der Waals surface area contributed by atoms with Gasteiger partial charge in [-0.2, -0.15) is 0 Å². The summed E-state index contributed by atoms with van der Waals surface area (Å²) in [7, 11) is 0. The molecule has 170 valence electrons. The van der Waals surface area contributed by atoms with Gasteiger partial charge >= 0.3 is 12.1 Å². The van der Waals surface area contributed by atoms with Gasteiger partial charge in [0.15, 0.2) is 0 Å². The monoisotopic (exact) mass is 431 g/mol. The van der Waals surface area contributed by atoms with Crippen LogP contribution in [0, 0.1) is 0 Å². The summed E-state index contributed by atoms with van der Waals surface area (Å²) >= 11 is 0. The fourth-order valence-electron chi connectivity index (χ4n) is 4.09. The Morgan fingerprint density at radius 1 is 1.19 bits per heavy atom. The first kappa shape index (κ1) is 23.1. The predicted octanol–water partition coefficient (Wildman–Crippen LogP) is 2.37. The molecule has 2 N–H and O–H groups in total. The molecule has 8 heteroatoms. The van der Waals surface area contributed by atoms with Gasteiger partial charge in [0, 0.05) is 12.6 Å². The number of likely N-dealkylation sites (tertiary alicyclic amines) is 1. The van der Waals surface area contributed by atoms with Crippen molar-refractivity contribution in [2.45, 2.75) is 70.2 Å². The molecular formula is C23H33N3O5. The summed E-state index contributed by atoms with van der Waals surface area (Å²) in [4.78, 5) is 41.3. The zero-order valence-corrected chi connectivity index (χ0v) is 18.6. The summed E-state index contributed by atoms with van der Waals surface area (Å²) < 4.78 is 10.9. The molecule has 3 rings (SSSR count). The molecule has 1 atom stereocenters. The van der Waals surface area contributed by atoms with E-state index in [9.17, 15) is 14.4 Å². The van der Waals surface area contributed by atoms with Gasteiger partial charge in [-0.25, -0.2) is 9.59 Å². The molecular weight excluding hydrogens is 398 g/mol. The van der Waals surface area contributed by atoms with Gasteiger partial charge in [0.25, 0.3) is 5.91 Å². The quantitative estimate of drug-likeness (QED) is 0.549. The van der Waals surface area contributed by atoms with Crippen LogP contribution in [0.5, 0.6) is 0 Å². The van der Waals surface area contributed by atoms with Gasteiger partial charge in [-0.3, -0.25) is 10.1 Å². The molecule has 2 amide bonds. The number of esters is 1. The minimum Gasteiger partial charge on any atom is -0.458 e. The van der Waals surface area contributed by atoms with Crippen LogP contribution >= 0.6 is 0 Å². The second-order valence-corrected chi connectivity index (χ2v) is 9.18. The molecule has 0 bridgehead atoms. The lowest BCUT2D eigenvalue weighted by Gasteiger charge is -2.45. The highest BCUT2D eigenvalue weighted by Gasteiger charge is 2.55. The van der Waals surface area contributed by atoms with Gasteiger partial charge in [0.05, 0.1) is 0 Å². The van der Waals surface area contributed by atoms with E-state index in [0.29, 0.717) is 13.0 Å². The molecule has 1 aromatic rings. The third-order valence-electron chi connectivity index (χ3n) is 5.60. The standard InChI is InChI=1S/C23H33N3O5/c1-22(2,3)31-20(28)23(25-21(29)30-16-17-8-5-4-6-9-17)12-7-15-26(19(23)27)18-10-13-24-14-11-18/h4-6,8-9,18,24H,7,10-16H2,1-3H3,(H,25,29)/t23-/m0/s1. The fourth-order valence-corrected chi connectivity index (χ4v) is 4.09. The number of amides is 2. The predicted molar refractivity (Wildman–Crippen MR) is 115 cm³/mol. The first-order chi connectivity index (χ1) is 14.7. The molecule has 1 aromatic carbocycles. The number of hydrogen-bond acceptors (Lipinski definition) is 6. The molecule has 8 nitrogen and oxygen atoms in total. The third kappa shape index (κ3) is 5.76. The molecule has 0 radical (unpaired) electrons. The van der Waals surface area contributed by atoms with E-state index < -0.39 is 29.1 Å². The van der Waals surface area contributed by atoms with Crippen molar-refractivity contribution in [2.24, 2.45) is 0 Å². The number of nitrogens with zero attached hydrogens (tertiary/aromatic N) is 1. The minimum atomic E-state index is -1.77. The van der Waals surface area contributed by atoms with Crippen molar-refractivity contribution in [2.75, 3.05) is 19.6 Å². The van der Waals surface area contributed by atoms with Gasteiger partial charge in [0.1, 0.15) is 12.2 Å². The van der Waals surface area contributed by atoms with E-state index >= 15 is 0 Å². The summed E-state index contributed by atoms with van der Waals surface area (Å²) in [6, 6.07) is 9.28. The number of ether oxygens (including phenoxy) is 2. The topological polar surface area (TPSA) is 97.0 Å². The van der Waals surface area contributed by atoms with Crippen molar-refractivity contribution < 1.29 is 23.9 Å². The Bertz CT molecular complexity index is 786. The number of benzene rings is 1. The molecule has 2 fully saturated rings.